The number of phenols is 1. The summed E-state index contributed by atoms with van der Waals surface area (Å²) in [5.41, 5.74) is 1.80. The number of para-hydroxylation sites is 1. The van der Waals surface area contributed by atoms with E-state index in [0.717, 1.165) is 0 Å². The van der Waals surface area contributed by atoms with Crippen molar-refractivity contribution in [1.82, 2.24) is 0 Å². The Morgan fingerprint density at radius 1 is 1.19 bits per heavy atom. The van der Waals surface area contributed by atoms with Crippen LogP contribution in [0, 0.1) is 22.0 Å². The monoisotopic (exact) mass is 443 g/mol. The van der Waals surface area contributed by atoms with Crippen molar-refractivity contribution in [1.29, 1.82) is 0 Å². The molecular formula is C24H29NO7. The molecule has 2 aromatic carbocycles. The summed E-state index contributed by atoms with van der Waals surface area (Å²) in [6.45, 7) is 1.87. The molecule has 0 aliphatic heterocycles. The van der Waals surface area contributed by atoms with Crippen molar-refractivity contribution >= 4 is 11.7 Å². The quantitative estimate of drug-likeness (QED) is 0.340. The van der Waals surface area contributed by atoms with Crippen LogP contribution in [0.3, 0.4) is 0 Å². The number of nitrogens with zero attached hydrogens (tertiary/aromatic N) is 1. The molecule has 32 heavy (non-hydrogen) atoms. The number of carboxylic acid groups (broad SMARTS) is 1. The van der Waals surface area contributed by atoms with Crippen molar-refractivity contribution in [3.05, 3.63) is 69.3 Å². The van der Waals surface area contributed by atoms with Crippen LogP contribution in [0.25, 0.3) is 0 Å². The molecule has 0 radical (unpaired) electrons. The maximum absolute atomic E-state index is 10.9. The van der Waals surface area contributed by atoms with Gasteiger partial charge in [-0.1, -0.05) is 25.1 Å². The second-order valence-corrected chi connectivity index (χ2v) is 8.67. The van der Waals surface area contributed by atoms with E-state index in [1.54, 1.807) is 24.3 Å². The van der Waals surface area contributed by atoms with Gasteiger partial charge in [0.05, 0.1) is 17.1 Å². The summed E-state index contributed by atoms with van der Waals surface area (Å²) in [5, 5.41) is 52.0. The van der Waals surface area contributed by atoms with Gasteiger partial charge in [-0.25, -0.2) is 0 Å². The van der Waals surface area contributed by atoms with E-state index in [2.05, 4.69) is 0 Å². The number of hydrogen-bond donors (Lipinski definition) is 4. The van der Waals surface area contributed by atoms with E-state index in [-0.39, 0.29) is 42.0 Å². The first kappa shape index (κ1) is 23.7. The number of rotatable bonds is 9. The van der Waals surface area contributed by atoms with Gasteiger partial charge in [-0.2, -0.15) is 0 Å². The first-order valence-corrected chi connectivity index (χ1v) is 10.8. The molecule has 0 aromatic heterocycles. The Hall–Kier alpha value is -2.97. The molecule has 0 spiro atoms. The number of benzene rings is 2. The van der Waals surface area contributed by atoms with Gasteiger partial charge in [0.15, 0.2) is 0 Å². The lowest BCUT2D eigenvalue weighted by Crippen LogP contribution is -2.23. The zero-order valence-electron chi connectivity index (χ0n) is 17.9. The van der Waals surface area contributed by atoms with Gasteiger partial charge in [0, 0.05) is 18.6 Å². The average Bonchev–Trinajstić information content (AvgIpc) is 3.12. The van der Waals surface area contributed by atoms with Crippen molar-refractivity contribution in [2.75, 3.05) is 0 Å². The molecular weight excluding hydrogens is 414 g/mol. The summed E-state index contributed by atoms with van der Waals surface area (Å²) in [6.07, 6.45) is 0.490. The fraction of sp³-hybridized carbons (Fsp3) is 0.458. The van der Waals surface area contributed by atoms with Crippen LogP contribution in [0.1, 0.15) is 61.3 Å². The van der Waals surface area contributed by atoms with Crippen LogP contribution in [0.5, 0.6) is 5.75 Å². The van der Waals surface area contributed by atoms with Crippen LogP contribution >= 0.6 is 0 Å². The van der Waals surface area contributed by atoms with Crippen molar-refractivity contribution in [3.8, 4) is 5.75 Å². The van der Waals surface area contributed by atoms with Crippen LogP contribution in [0.2, 0.25) is 0 Å². The molecule has 1 saturated carbocycles. The average molecular weight is 443 g/mol. The first-order chi connectivity index (χ1) is 15.2. The predicted octanol–water partition coefficient (Wildman–Crippen LogP) is 3.93. The van der Waals surface area contributed by atoms with E-state index in [9.17, 15) is 30.2 Å². The van der Waals surface area contributed by atoms with Crippen molar-refractivity contribution in [2.24, 2.45) is 11.8 Å². The van der Waals surface area contributed by atoms with E-state index in [1.807, 2.05) is 13.0 Å². The van der Waals surface area contributed by atoms with Crippen LogP contribution in [-0.4, -0.2) is 37.4 Å². The van der Waals surface area contributed by atoms with Gasteiger partial charge >= 0.3 is 5.97 Å². The number of phenolic OH excluding ortho intramolecular Hbond substituents is 1. The molecule has 3 unspecified atom stereocenters. The Kier molecular flexibility index (Phi) is 7.48. The molecule has 0 heterocycles. The van der Waals surface area contributed by atoms with Crippen LogP contribution in [0.4, 0.5) is 5.69 Å². The smallest absolute Gasteiger partial charge is 0.303 e. The van der Waals surface area contributed by atoms with Gasteiger partial charge < -0.3 is 20.4 Å². The Labute approximate surface area is 186 Å². The number of carbonyl (C=O) groups is 1. The number of carboxylic acids is 1. The van der Waals surface area contributed by atoms with Crippen molar-refractivity contribution < 1.29 is 30.1 Å². The van der Waals surface area contributed by atoms with Crippen LogP contribution in [0.15, 0.2) is 42.5 Å². The lowest BCUT2D eigenvalue weighted by Gasteiger charge is -2.29. The number of aliphatic hydroxyl groups excluding tert-OH is 2. The van der Waals surface area contributed by atoms with Gasteiger partial charge in [0.1, 0.15) is 5.75 Å². The summed E-state index contributed by atoms with van der Waals surface area (Å²) >= 11 is 0. The summed E-state index contributed by atoms with van der Waals surface area (Å²) in [5.74, 6) is -1.37. The van der Waals surface area contributed by atoms with Crippen molar-refractivity contribution in [2.45, 2.75) is 57.2 Å². The molecule has 0 saturated heterocycles. The minimum Gasteiger partial charge on any atom is -0.507 e. The number of nitro benzene ring substituents is 1. The highest BCUT2D eigenvalue weighted by Crippen LogP contribution is 2.47. The molecule has 1 aliphatic carbocycles. The summed E-state index contributed by atoms with van der Waals surface area (Å²) < 4.78 is 0. The Balaban J connectivity index is 1.76. The lowest BCUT2D eigenvalue weighted by atomic mass is 9.79. The van der Waals surface area contributed by atoms with E-state index in [0.29, 0.717) is 36.0 Å². The molecule has 8 heteroatoms. The highest BCUT2D eigenvalue weighted by atomic mass is 16.6. The second-order valence-electron chi connectivity index (χ2n) is 8.67. The third-order valence-corrected chi connectivity index (χ3v) is 6.57. The van der Waals surface area contributed by atoms with Crippen LogP contribution in [-0.2, 0) is 11.2 Å². The fourth-order valence-corrected chi connectivity index (χ4v) is 4.79. The molecule has 5 atom stereocenters. The standard InChI is InChI=1S/C24H29NO7/c1-14(23(29)16-5-8-17(9-6-16)25(31)32)13-20-18(10-11-21(20)26)19-4-2-3-15(24(19)30)7-12-22(27)28/h2-6,8-9,14,18,20-21,23,26,29-30H,7,10-13H2,1H3,(H,27,28)/t14?,18?,20?,21-,23-/m1/s1. The van der Waals surface area contributed by atoms with E-state index >= 15 is 0 Å². The Bertz CT molecular complexity index is 959. The number of aryl methyl sites for hydroxylation is 1. The third kappa shape index (κ3) is 5.26. The predicted molar refractivity (Wildman–Crippen MR) is 117 cm³/mol. The zero-order valence-corrected chi connectivity index (χ0v) is 17.9. The maximum atomic E-state index is 10.9. The Morgan fingerprint density at radius 2 is 1.88 bits per heavy atom. The largest absolute Gasteiger partial charge is 0.507 e. The molecule has 4 N–H and O–H groups in total. The number of aliphatic carboxylic acids is 1. The fourth-order valence-electron chi connectivity index (χ4n) is 4.79. The van der Waals surface area contributed by atoms with E-state index in [1.165, 1.54) is 12.1 Å². The maximum Gasteiger partial charge on any atom is 0.303 e. The van der Waals surface area contributed by atoms with Gasteiger partial charge in [-0.15, -0.1) is 0 Å². The number of nitro groups is 1. The molecule has 0 bridgehead atoms. The second kappa shape index (κ2) is 10.1. The third-order valence-electron chi connectivity index (χ3n) is 6.57. The SMILES string of the molecule is CC(CC1C(c2cccc(CCC(=O)O)c2O)CC[C@H]1O)[C@@H](O)c1ccc([N+](=O)[O-])cc1. The summed E-state index contributed by atoms with van der Waals surface area (Å²) in [4.78, 5) is 21.3. The molecule has 1 fully saturated rings. The number of non-ortho nitro benzene ring substituents is 1. The Morgan fingerprint density at radius 3 is 2.50 bits per heavy atom. The zero-order chi connectivity index (χ0) is 23.4. The highest BCUT2D eigenvalue weighted by molar-refractivity contribution is 5.67. The molecule has 3 rings (SSSR count). The minimum atomic E-state index is -0.932. The van der Waals surface area contributed by atoms with Gasteiger partial charge in [0.25, 0.3) is 5.69 Å². The molecule has 1 aliphatic rings. The molecule has 172 valence electrons. The van der Waals surface area contributed by atoms with Gasteiger partial charge in [-0.3, -0.25) is 14.9 Å². The highest BCUT2D eigenvalue weighted by Gasteiger charge is 2.39. The van der Waals surface area contributed by atoms with E-state index in [4.69, 9.17) is 5.11 Å². The summed E-state index contributed by atoms with van der Waals surface area (Å²) in [7, 11) is 0. The summed E-state index contributed by atoms with van der Waals surface area (Å²) in [6, 6.07) is 11.1. The first-order valence-electron chi connectivity index (χ1n) is 10.8. The van der Waals surface area contributed by atoms with E-state index < -0.39 is 23.1 Å². The molecule has 8 nitrogen and oxygen atoms in total. The molecule has 2 aromatic rings. The topological polar surface area (TPSA) is 141 Å². The van der Waals surface area contributed by atoms with Crippen molar-refractivity contribution in [3.63, 3.8) is 0 Å². The number of aromatic hydroxyl groups is 1. The normalized spacial score (nSPS) is 22.4. The van der Waals surface area contributed by atoms with Gasteiger partial charge in [0.2, 0.25) is 0 Å². The molecule has 0 amide bonds. The van der Waals surface area contributed by atoms with Crippen LogP contribution < -0.4 is 0 Å². The minimum absolute atomic E-state index is 0.0434. The number of aliphatic hydroxyl groups is 2. The number of hydrogen-bond acceptors (Lipinski definition) is 6. The van der Waals surface area contributed by atoms with Gasteiger partial charge in [-0.05, 0) is 72.3 Å². The lowest BCUT2D eigenvalue weighted by molar-refractivity contribution is -0.384.